The fourth-order valence-electron chi connectivity index (χ4n) is 3.42. The van der Waals surface area contributed by atoms with Crippen molar-refractivity contribution >= 4 is 28.5 Å². The standard InChI is InChI=1S/C20H22N6O2/c1-13-12-22-9-10-25(13)26-17-8-7-15(18(21)27)11-16(17)19(24-26)23-20(28)14-5-3-2-4-6-14/h2-8,11,13,22H,9-10,12H2,1H3,(H2,21,27)(H,23,24,28). The fourth-order valence-corrected chi connectivity index (χ4v) is 3.42. The van der Waals surface area contributed by atoms with Crippen molar-refractivity contribution in [2.45, 2.75) is 13.0 Å². The van der Waals surface area contributed by atoms with Crippen LogP contribution in [0.4, 0.5) is 5.82 Å². The van der Waals surface area contributed by atoms with Gasteiger partial charge < -0.3 is 16.4 Å². The third-order valence-electron chi connectivity index (χ3n) is 4.92. The van der Waals surface area contributed by atoms with Gasteiger partial charge in [0.2, 0.25) is 5.91 Å². The van der Waals surface area contributed by atoms with Gasteiger partial charge in [0, 0.05) is 36.1 Å². The second-order valence-corrected chi connectivity index (χ2v) is 6.87. The number of fused-ring (bicyclic) bond motifs is 1. The van der Waals surface area contributed by atoms with E-state index < -0.39 is 5.91 Å². The first-order chi connectivity index (χ1) is 13.5. The maximum Gasteiger partial charge on any atom is 0.256 e. The molecule has 2 amide bonds. The lowest BCUT2D eigenvalue weighted by atomic mass is 10.1. The summed E-state index contributed by atoms with van der Waals surface area (Å²) in [6.45, 7) is 4.57. The van der Waals surface area contributed by atoms with Gasteiger partial charge in [-0.3, -0.25) is 14.6 Å². The molecule has 1 aliphatic rings. The molecule has 8 heteroatoms. The zero-order valence-corrected chi connectivity index (χ0v) is 15.6. The normalized spacial score (nSPS) is 16.9. The lowest BCUT2D eigenvalue weighted by Gasteiger charge is -2.35. The third kappa shape index (κ3) is 3.29. The van der Waals surface area contributed by atoms with E-state index in [1.165, 1.54) is 0 Å². The number of nitrogens with two attached hydrogens (primary N) is 1. The smallest absolute Gasteiger partial charge is 0.256 e. The van der Waals surface area contributed by atoms with Gasteiger partial charge in [-0.25, -0.2) is 0 Å². The van der Waals surface area contributed by atoms with Crippen LogP contribution in [0, 0.1) is 0 Å². The van der Waals surface area contributed by atoms with Crippen molar-refractivity contribution in [3.8, 4) is 0 Å². The highest BCUT2D eigenvalue weighted by molar-refractivity contribution is 6.09. The van der Waals surface area contributed by atoms with Crippen LogP contribution in [0.1, 0.15) is 27.6 Å². The minimum Gasteiger partial charge on any atom is -0.366 e. The molecule has 2 aromatic carbocycles. The van der Waals surface area contributed by atoms with Gasteiger partial charge in [0.05, 0.1) is 11.6 Å². The van der Waals surface area contributed by atoms with E-state index in [0.717, 1.165) is 25.2 Å². The average molecular weight is 378 g/mol. The molecule has 3 aromatic rings. The predicted molar refractivity (Wildman–Crippen MR) is 108 cm³/mol. The molecule has 0 spiro atoms. The number of aromatic nitrogens is 2. The summed E-state index contributed by atoms with van der Waals surface area (Å²) >= 11 is 0. The van der Waals surface area contributed by atoms with Gasteiger partial charge in [0.1, 0.15) is 0 Å². The minimum absolute atomic E-state index is 0.227. The molecule has 4 rings (SSSR count). The molecule has 0 saturated carbocycles. The molecule has 8 nitrogen and oxygen atoms in total. The van der Waals surface area contributed by atoms with Crippen molar-refractivity contribution in [1.29, 1.82) is 0 Å². The number of hydrogen-bond acceptors (Lipinski definition) is 5. The number of piperazine rings is 1. The molecule has 1 aromatic heterocycles. The molecule has 0 radical (unpaired) electrons. The first-order valence-corrected chi connectivity index (χ1v) is 9.21. The van der Waals surface area contributed by atoms with Crippen LogP contribution in [-0.2, 0) is 0 Å². The van der Waals surface area contributed by atoms with Crippen molar-refractivity contribution in [1.82, 2.24) is 15.2 Å². The Labute approximate surface area is 162 Å². The van der Waals surface area contributed by atoms with Crippen LogP contribution in [0.5, 0.6) is 0 Å². The van der Waals surface area contributed by atoms with E-state index in [1.54, 1.807) is 36.4 Å². The van der Waals surface area contributed by atoms with E-state index in [0.29, 0.717) is 22.3 Å². The van der Waals surface area contributed by atoms with Crippen molar-refractivity contribution in [2.24, 2.45) is 5.73 Å². The van der Waals surface area contributed by atoms with E-state index in [-0.39, 0.29) is 11.9 Å². The van der Waals surface area contributed by atoms with E-state index in [4.69, 9.17) is 5.73 Å². The topological polar surface area (TPSA) is 105 Å². The number of primary amides is 1. The molecule has 1 saturated heterocycles. The summed E-state index contributed by atoms with van der Waals surface area (Å²) in [6, 6.07) is 14.3. The van der Waals surface area contributed by atoms with Gasteiger partial charge >= 0.3 is 0 Å². The van der Waals surface area contributed by atoms with Crippen LogP contribution in [-0.4, -0.2) is 47.4 Å². The van der Waals surface area contributed by atoms with E-state index in [1.807, 2.05) is 16.9 Å². The number of nitrogens with one attached hydrogen (secondary N) is 2. The molecule has 4 N–H and O–H groups in total. The fraction of sp³-hybridized carbons (Fsp3) is 0.250. The Balaban J connectivity index is 1.78. The van der Waals surface area contributed by atoms with Crippen molar-refractivity contribution in [3.63, 3.8) is 0 Å². The molecule has 1 unspecified atom stereocenters. The lowest BCUT2D eigenvalue weighted by Crippen LogP contribution is -2.55. The maximum absolute atomic E-state index is 12.7. The summed E-state index contributed by atoms with van der Waals surface area (Å²) in [5.41, 5.74) is 7.16. The van der Waals surface area contributed by atoms with Crippen molar-refractivity contribution in [3.05, 3.63) is 59.7 Å². The summed E-state index contributed by atoms with van der Waals surface area (Å²) in [4.78, 5) is 26.1. The Morgan fingerprint density at radius 3 is 2.68 bits per heavy atom. The number of hydrogen-bond donors (Lipinski definition) is 3. The number of amides is 2. The van der Waals surface area contributed by atoms with Crippen LogP contribution in [0.25, 0.3) is 10.9 Å². The molecule has 1 atom stereocenters. The summed E-state index contributed by atoms with van der Waals surface area (Å²) in [7, 11) is 0. The molecule has 0 aliphatic carbocycles. The summed E-state index contributed by atoms with van der Waals surface area (Å²) in [5, 5.41) is 13.7. The molecular weight excluding hydrogens is 356 g/mol. The largest absolute Gasteiger partial charge is 0.366 e. The zero-order valence-electron chi connectivity index (χ0n) is 15.6. The first-order valence-electron chi connectivity index (χ1n) is 9.21. The Morgan fingerprint density at radius 2 is 1.96 bits per heavy atom. The summed E-state index contributed by atoms with van der Waals surface area (Å²) in [6.07, 6.45) is 0. The van der Waals surface area contributed by atoms with Gasteiger partial charge in [-0.1, -0.05) is 18.2 Å². The SMILES string of the molecule is CC1CNCCN1n1nc(NC(=O)c2ccccc2)c2cc(C(N)=O)ccc21. The van der Waals surface area contributed by atoms with Crippen molar-refractivity contribution < 1.29 is 9.59 Å². The van der Waals surface area contributed by atoms with Crippen LogP contribution in [0.15, 0.2) is 48.5 Å². The Kier molecular flexibility index (Phi) is 4.70. The Hall–Kier alpha value is -3.39. The second kappa shape index (κ2) is 7.32. The van der Waals surface area contributed by atoms with E-state index in [9.17, 15) is 9.59 Å². The summed E-state index contributed by atoms with van der Waals surface area (Å²) in [5.74, 6) is -0.381. The van der Waals surface area contributed by atoms with Crippen molar-refractivity contribution in [2.75, 3.05) is 30.0 Å². The average Bonchev–Trinajstić information content (AvgIpc) is 3.06. The zero-order chi connectivity index (χ0) is 19.7. The monoisotopic (exact) mass is 378 g/mol. The minimum atomic E-state index is -0.523. The molecule has 2 heterocycles. The van der Waals surface area contributed by atoms with Crippen LogP contribution in [0.2, 0.25) is 0 Å². The number of carbonyl (C=O) groups is 2. The van der Waals surface area contributed by atoms with Gasteiger partial charge in [-0.2, -0.15) is 4.79 Å². The number of benzene rings is 2. The maximum atomic E-state index is 12.7. The first kappa shape index (κ1) is 18.0. The number of carbonyl (C=O) groups excluding carboxylic acids is 2. The van der Waals surface area contributed by atoms with Gasteiger partial charge in [0.25, 0.3) is 5.91 Å². The van der Waals surface area contributed by atoms with Gasteiger partial charge in [0.15, 0.2) is 5.82 Å². The third-order valence-corrected chi connectivity index (χ3v) is 4.92. The molecule has 28 heavy (non-hydrogen) atoms. The molecule has 1 aliphatic heterocycles. The van der Waals surface area contributed by atoms with E-state index >= 15 is 0 Å². The number of anilines is 1. The van der Waals surface area contributed by atoms with Crippen LogP contribution in [0.3, 0.4) is 0 Å². The number of nitrogens with zero attached hydrogens (tertiary/aromatic N) is 3. The molecule has 144 valence electrons. The highest BCUT2D eigenvalue weighted by Crippen LogP contribution is 2.26. The Bertz CT molecular complexity index is 1030. The lowest BCUT2D eigenvalue weighted by molar-refractivity contribution is 0.0998. The van der Waals surface area contributed by atoms with Gasteiger partial charge in [-0.15, -0.1) is 5.10 Å². The highest BCUT2D eigenvalue weighted by atomic mass is 16.2. The highest BCUT2D eigenvalue weighted by Gasteiger charge is 2.23. The predicted octanol–water partition coefficient (Wildman–Crippen LogP) is 1.32. The van der Waals surface area contributed by atoms with Crippen LogP contribution >= 0.6 is 0 Å². The molecule has 1 fully saturated rings. The number of rotatable bonds is 4. The van der Waals surface area contributed by atoms with Crippen LogP contribution < -0.4 is 21.4 Å². The summed E-state index contributed by atoms with van der Waals surface area (Å²) < 4.78 is 0. The molecular formula is C20H22N6O2. The molecule has 0 bridgehead atoms. The Morgan fingerprint density at radius 1 is 1.18 bits per heavy atom. The van der Waals surface area contributed by atoms with E-state index in [2.05, 4.69) is 27.7 Å². The van der Waals surface area contributed by atoms with Gasteiger partial charge in [-0.05, 0) is 37.3 Å². The quantitative estimate of drug-likeness (QED) is 0.635. The second-order valence-electron chi connectivity index (χ2n) is 6.87.